The van der Waals surface area contributed by atoms with Crippen molar-refractivity contribution in [2.24, 2.45) is 11.7 Å². The molecule has 2 aromatic rings. The standard InChI is InChI=1S/C13H15FN4O2S/c14-21(19,20)11-6-4-10(5-7-11)18-8-12(16-17-18)13(15)9-2-1-3-9/h4-9,13H,1-3,15H2/t13-/m0/s1. The van der Waals surface area contributed by atoms with Crippen molar-refractivity contribution >= 4 is 10.2 Å². The minimum Gasteiger partial charge on any atom is -0.322 e. The van der Waals surface area contributed by atoms with Gasteiger partial charge in [-0.1, -0.05) is 11.6 Å². The van der Waals surface area contributed by atoms with Crippen LogP contribution < -0.4 is 5.73 Å². The molecule has 1 aromatic heterocycles. The second-order valence-electron chi connectivity index (χ2n) is 5.24. The minimum absolute atomic E-state index is 0.127. The van der Waals surface area contributed by atoms with Crippen LogP contribution in [0.2, 0.25) is 0 Å². The normalized spacial score (nSPS) is 17.4. The van der Waals surface area contributed by atoms with Gasteiger partial charge in [0.1, 0.15) is 5.69 Å². The van der Waals surface area contributed by atoms with Crippen molar-refractivity contribution in [3.63, 3.8) is 0 Å². The van der Waals surface area contributed by atoms with E-state index in [1.54, 1.807) is 6.20 Å². The van der Waals surface area contributed by atoms with E-state index in [0.717, 1.165) is 12.8 Å². The van der Waals surface area contributed by atoms with Gasteiger partial charge in [-0.25, -0.2) is 4.68 Å². The molecule has 1 heterocycles. The molecule has 0 saturated heterocycles. The van der Waals surface area contributed by atoms with Crippen molar-refractivity contribution in [2.45, 2.75) is 30.2 Å². The van der Waals surface area contributed by atoms with Crippen LogP contribution in [0.4, 0.5) is 3.89 Å². The molecule has 0 radical (unpaired) electrons. The lowest BCUT2D eigenvalue weighted by Gasteiger charge is -2.29. The molecule has 0 aliphatic heterocycles. The Labute approximate surface area is 122 Å². The van der Waals surface area contributed by atoms with Gasteiger partial charge in [-0.05, 0) is 43.0 Å². The van der Waals surface area contributed by atoms with Crippen LogP contribution in [0.15, 0.2) is 35.4 Å². The third kappa shape index (κ3) is 2.81. The summed E-state index contributed by atoms with van der Waals surface area (Å²) < 4.78 is 35.9. The second-order valence-corrected chi connectivity index (χ2v) is 6.58. The number of hydrogen-bond acceptors (Lipinski definition) is 5. The van der Waals surface area contributed by atoms with Gasteiger partial charge >= 0.3 is 10.2 Å². The Bertz CT molecular complexity index is 738. The smallest absolute Gasteiger partial charge is 0.322 e. The van der Waals surface area contributed by atoms with E-state index in [2.05, 4.69) is 10.3 Å². The van der Waals surface area contributed by atoms with Gasteiger partial charge < -0.3 is 5.73 Å². The molecule has 0 spiro atoms. The van der Waals surface area contributed by atoms with Crippen LogP contribution in [-0.4, -0.2) is 23.4 Å². The van der Waals surface area contributed by atoms with E-state index >= 15 is 0 Å². The predicted octanol–water partition coefficient (Wildman–Crippen LogP) is 1.73. The van der Waals surface area contributed by atoms with Crippen LogP contribution in [0.1, 0.15) is 31.0 Å². The van der Waals surface area contributed by atoms with Crippen LogP contribution in [-0.2, 0) is 10.2 Å². The zero-order valence-electron chi connectivity index (χ0n) is 11.2. The monoisotopic (exact) mass is 310 g/mol. The second kappa shape index (κ2) is 5.19. The molecule has 112 valence electrons. The van der Waals surface area contributed by atoms with E-state index in [-0.39, 0.29) is 10.9 Å². The van der Waals surface area contributed by atoms with Crippen molar-refractivity contribution in [1.29, 1.82) is 0 Å². The molecular weight excluding hydrogens is 295 g/mol. The van der Waals surface area contributed by atoms with Gasteiger partial charge in [0.2, 0.25) is 0 Å². The number of aromatic nitrogens is 3. The number of hydrogen-bond donors (Lipinski definition) is 1. The van der Waals surface area contributed by atoms with E-state index < -0.39 is 10.2 Å². The maximum Gasteiger partial charge on any atom is 0.332 e. The molecule has 1 aliphatic carbocycles. The van der Waals surface area contributed by atoms with E-state index in [0.29, 0.717) is 17.3 Å². The number of nitrogens with zero attached hydrogens (tertiary/aromatic N) is 3. The van der Waals surface area contributed by atoms with E-state index in [1.807, 2.05) is 0 Å². The summed E-state index contributed by atoms with van der Waals surface area (Å²) in [5, 5.41) is 8.05. The van der Waals surface area contributed by atoms with Crippen molar-refractivity contribution in [1.82, 2.24) is 15.0 Å². The van der Waals surface area contributed by atoms with Crippen LogP contribution in [0, 0.1) is 5.92 Å². The number of nitrogens with two attached hydrogens (primary N) is 1. The lowest BCUT2D eigenvalue weighted by molar-refractivity contribution is 0.261. The van der Waals surface area contributed by atoms with Crippen LogP contribution in [0.3, 0.4) is 0 Å². The van der Waals surface area contributed by atoms with Crippen LogP contribution in [0.5, 0.6) is 0 Å². The topological polar surface area (TPSA) is 90.9 Å². The maximum absolute atomic E-state index is 12.8. The molecule has 0 bridgehead atoms. The first-order valence-corrected chi connectivity index (χ1v) is 8.06. The molecule has 2 N–H and O–H groups in total. The Morgan fingerprint density at radius 1 is 1.29 bits per heavy atom. The van der Waals surface area contributed by atoms with E-state index in [1.165, 1.54) is 35.4 Å². The van der Waals surface area contributed by atoms with Gasteiger partial charge in [-0.15, -0.1) is 8.98 Å². The summed E-state index contributed by atoms with van der Waals surface area (Å²) in [6.45, 7) is 0. The highest BCUT2D eigenvalue weighted by molar-refractivity contribution is 7.86. The first-order chi connectivity index (χ1) is 9.95. The number of rotatable bonds is 4. The van der Waals surface area contributed by atoms with E-state index in [9.17, 15) is 12.3 Å². The fourth-order valence-corrected chi connectivity index (χ4v) is 2.82. The molecule has 1 fully saturated rings. The average Bonchev–Trinajstić information content (AvgIpc) is 2.85. The van der Waals surface area contributed by atoms with Gasteiger partial charge in [0, 0.05) is 0 Å². The Balaban J connectivity index is 1.82. The van der Waals surface area contributed by atoms with Gasteiger partial charge in [0.25, 0.3) is 0 Å². The van der Waals surface area contributed by atoms with E-state index in [4.69, 9.17) is 5.73 Å². The molecule has 1 atom stereocenters. The first kappa shape index (κ1) is 14.2. The molecule has 1 aromatic carbocycles. The largest absolute Gasteiger partial charge is 0.332 e. The summed E-state index contributed by atoms with van der Waals surface area (Å²) in [6, 6.07) is 5.20. The highest BCUT2D eigenvalue weighted by Crippen LogP contribution is 2.35. The summed E-state index contributed by atoms with van der Waals surface area (Å²) in [4.78, 5) is -0.377. The van der Waals surface area contributed by atoms with Gasteiger partial charge in [0.15, 0.2) is 0 Å². The van der Waals surface area contributed by atoms with Gasteiger partial charge in [-0.2, -0.15) is 8.42 Å². The van der Waals surface area contributed by atoms with Crippen LogP contribution >= 0.6 is 0 Å². The average molecular weight is 310 g/mol. The van der Waals surface area contributed by atoms with Crippen molar-refractivity contribution in [3.8, 4) is 5.69 Å². The highest BCUT2D eigenvalue weighted by atomic mass is 32.3. The quantitative estimate of drug-likeness (QED) is 0.868. The summed E-state index contributed by atoms with van der Waals surface area (Å²) in [5.41, 5.74) is 7.44. The lowest BCUT2D eigenvalue weighted by atomic mass is 9.79. The zero-order valence-corrected chi connectivity index (χ0v) is 12.0. The summed E-state index contributed by atoms with van der Waals surface area (Å²) in [7, 11) is -4.68. The van der Waals surface area contributed by atoms with Gasteiger partial charge in [0.05, 0.1) is 22.8 Å². The van der Waals surface area contributed by atoms with Crippen molar-refractivity contribution < 1.29 is 12.3 Å². The Morgan fingerprint density at radius 3 is 2.48 bits per heavy atom. The summed E-state index contributed by atoms with van der Waals surface area (Å²) >= 11 is 0. The Kier molecular flexibility index (Phi) is 3.50. The fourth-order valence-electron chi connectivity index (χ4n) is 2.36. The van der Waals surface area contributed by atoms with Crippen LogP contribution in [0.25, 0.3) is 5.69 Å². The third-order valence-corrected chi connectivity index (χ3v) is 4.73. The molecule has 6 nitrogen and oxygen atoms in total. The molecule has 3 rings (SSSR count). The fraction of sp³-hybridized carbons (Fsp3) is 0.385. The molecule has 0 amide bonds. The van der Waals surface area contributed by atoms with Gasteiger partial charge in [-0.3, -0.25) is 0 Å². The minimum atomic E-state index is -4.68. The summed E-state index contributed by atoms with van der Waals surface area (Å²) in [5.74, 6) is 0.453. The SMILES string of the molecule is N[C@H](c1cn(-c2ccc(S(=O)(=O)F)cc2)nn1)C1CCC1. The summed E-state index contributed by atoms with van der Waals surface area (Å²) in [6.07, 6.45) is 5.14. The Morgan fingerprint density at radius 2 is 1.95 bits per heavy atom. The number of benzene rings is 1. The first-order valence-electron chi connectivity index (χ1n) is 6.68. The molecule has 1 aliphatic rings. The number of halogens is 1. The third-order valence-electron chi connectivity index (χ3n) is 3.89. The molecule has 21 heavy (non-hydrogen) atoms. The van der Waals surface area contributed by atoms with Crippen molar-refractivity contribution in [3.05, 3.63) is 36.2 Å². The molecule has 1 saturated carbocycles. The lowest BCUT2D eigenvalue weighted by Crippen LogP contribution is -2.27. The predicted molar refractivity (Wildman–Crippen MR) is 73.9 cm³/mol. The molecule has 8 heteroatoms. The Hall–Kier alpha value is -1.80. The molecule has 0 unspecified atom stereocenters. The molecular formula is C13H15FN4O2S. The highest BCUT2D eigenvalue weighted by Gasteiger charge is 2.27. The zero-order chi connectivity index (χ0) is 15.0. The van der Waals surface area contributed by atoms with Crippen molar-refractivity contribution in [2.75, 3.05) is 0 Å². The maximum atomic E-state index is 12.8.